The van der Waals surface area contributed by atoms with E-state index in [0.29, 0.717) is 18.0 Å². The Bertz CT molecular complexity index is 683. The van der Waals surface area contributed by atoms with Gasteiger partial charge < -0.3 is 21.1 Å². The molecule has 0 saturated carbocycles. The molecule has 8 nitrogen and oxygen atoms in total. The maximum atomic E-state index is 10.8. The van der Waals surface area contributed by atoms with Gasteiger partial charge in [0.2, 0.25) is 0 Å². The molecular weight excluding hydrogens is 272 g/mol. The first-order chi connectivity index (χ1) is 10.1. The summed E-state index contributed by atoms with van der Waals surface area (Å²) in [6.45, 7) is 3.28. The zero-order valence-corrected chi connectivity index (χ0v) is 11.8. The number of nitrogens with zero attached hydrogens (tertiary/aromatic N) is 4. The first kappa shape index (κ1) is 13.5. The van der Waals surface area contributed by atoms with Crippen molar-refractivity contribution in [1.29, 1.82) is 0 Å². The van der Waals surface area contributed by atoms with Crippen molar-refractivity contribution in [3.63, 3.8) is 0 Å². The lowest BCUT2D eigenvalue weighted by atomic mass is 10.1. The fourth-order valence-corrected chi connectivity index (χ4v) is 2.78. The Kier molecular flexibility index (Phi) is 3.28. The van der Waals surface area contributed by atoms with Crippen LogP contribution in [0.3, 0.4) is 0 Å². The number of hydrogen-bond donors (Lipinski definition) is 3. The molecule has 1 saturated heterocycles. The van der Waals surface area contributed by atoms with Crippen molar-refractivity contribution in [2.24, 2.45) is 0 Å². The van der Waals surface area contributed by atoms with Gasteiger partial charge in [-0.2, -0.15) is 0 Å². The number of carbonyl (C=O) groups is 1. The molecule has 112 valence electrons. The van der Waals surface area contributed by atoms with Crippen LogP contribution in [0, 0.1) is 6.92 Å². The molecular formula is C13H18N6O2. The average molecular weight is 290 g/mol. The minimum absolute atomic E-state index is 0.0910. The highest BCUT2D eigenvalue weighted by molar-refractivity contribution is 5.69. The smallest absolute Gasteiger partial charge is 0.404 e. The number of hydrogen-bond acceptors (Lipinski definition) is 5. The van der Waals surface area contributed by atoms with Crippen molar-refractivity contribution in [2.75, 3.05) is 23.7 Å². The van der Waals surface area contributed by atoms with Gasteiger partial charge in [-0.3, -0.25) is 4.40 Å². The van der Waals surface area contributed by atoms with Gasteiger partial charge in [0, 0.05) is 31.5 Å². The summed E-state index contributed by atoms with van der Waals surface area (Å²) in [4.78, 5) is 21.7. The van der Waals surface area contributed by atoms with Crippen LogP contribution in [-0.4, -0.2) is 44.7 Å². The van der Waals surface area contributed by atoms with Gasteiger partial charge in [-0.25, -0.2) is 14.8 Å². The Balaban J connectivity index is 1.93. The van der Waals surface area contributed by atoms with Crippen molar-refractivity contribution in [3.8, 4) is 0 Å². The molecule has 1 aliphatic rings. The number of piperidine rings is 1. The highest BCUT2D eigenvalue weighted by Crippen LogP contribution is 2.24. The summed E-state index contributed by atoms with van der Waals surface area (Å²) in [6.07, 6.45) is 4.22. The van der Waals surface area contributed by atoms with E-state index in [-0.39, 0.29) is 6.04 Å². The van der Waals surface area contributed by atoms with Crippen molar-refractivity contribution < 1.29 is 9.90 Å². The van der Waals surface area contributed by atoms with E-state index >= 15 is 0 Å². The van der Waals surface area contributed by atoms with Gasteiger partial charge in [-0.05, 0) is 19.8 Å². The minimum atomic E-state index is -0.992. The van der Waals surface area contributed by atoms with Crippen molar-refractivity contribution in [2.45, 2.75) is 25.8 Å². The summed E-state index contributed by atoms with van der Waals surface area (Å²) in [5.41, 5.74) is 7.47. The second-order valence-corrected chi connectivity index (χ2v) is 5.26. The van der Waals surface area contributed by atoms with E-state index < -0.39 is 6.09 Å². The van der Waals surface area contributed by atoms with Crippen LogP contribution in [0.15, 0.2) is 12.4 Å². The lowest BCUT2D eigenvalue weighted by Gasteiger charge is -2.33. The van der Waals surface area contributed by atoms with Gasteiger partial charge in [0.05, 0.1) is 5.69 Å². The van der Waals surface area contributed by atoms with Crippen LogP contribution in [0.25, 0.3) is 5.65 Å². The van der Waals surface area contributed by atoms with Crippen LogP contribution in [0.4, 0.5) is 16.4 Å². The Labute approximate surface area is 121 Å². The molecule has 8 heteroatoms. The van der Waals surface area contributed by atoms with Gasteiger partial charge in [0.1, 0.15) is 5.82 Å². The van der Waals surface area contributed by atoms with E-state index in [1.54, 1.807) is 12.4 Å². The molecule has 4 N–H and O–H groups in total. The minimum Gasteiger partial charge on any atom is -0.465 e. The normalized spacial score (nSPS) is 18.9. The maximum absolute atomic E-state index is 10.8. The molecule has 21 heavy (non-hydrogen) atoms. The van der Waals surface area contributed by atoms with Crippen LogP contribution >= 0.6 is 0 Å². The zero-order chi connectivity index (χ0) is 15.0. The third kappa shape index (κ3) is 2.44. The Hall–Kier alpha value is -2.51. The molecule has 3 rings (SSSR count). The fourth-order valence-electron chi connectivity index (χ4n) is 2.78. The number of imidazole rings is 1. The predicted molar refractivity (Wildman–Crippen MR) is 78.5 cm³/mol. The second kappa shape index (κ2) is 5.12. The molecule has 1 amide bonds. The molecule has 1 atom stereocenters. The number of aryl methyl sites for hydroxylation is 1. The summed E-state index contributed by atoms with van der Waals surface area (Å²) < 4.78 is 1.81. The summed E-state index contributed by atoms with van der Waals surface area (Å²) in [5, 5.41) is 11.4. The molecule has 1 aliphatic heterocycles. The van der Waals surface area contributed by atoms with Gasteiger partial charge >= 0.3 is 6.09 Å². The Morgan fingerprint density at radius 3 is 3.14 bits per heavy atom. The van der Waals surface area contributed by atoms with Crippen LogP contribution in [0.5, 0.6) is 0 Å². The molecule has 0 radical (unpaired) electrons. The number of nitrogen functional groups attached to an aromatic ring is 1. The zero-order valence-electron chi connectivity index (χ0n) is 11.8. The second-order valence-electron chi connectivity index (χ2n) is 5.26. The molecule has 1 unspecified atom stereocenters. The van der Waals surface area contributed by atoms with E-state index in [0.717, 1.165) is 30.9 Å². The molecule has 0 aliphatic carbocycles. The van der Waals surface area contributed by atoms with Crippen LogP contribution in [-0.2, 0) is 0 Å². The molecule has 0 bridgehead atoms. The van der Waals surface area contributed by atoms with E-state index in [1.165, 1.54) is 0 Å². The highest BCUT2D eigenvalue weighted by atomic mass is 16.4. The Morgan fingerprint density at radius 1 is 1.57 bits per heavy atom. The quantitative estimate of drug-likeness (QED) is 0.756. The lowest BCUT2D eigenvalue weighted by molar-refractivity contribution is 0.188. The summed E-state index contributed by atoms with van der Waals surface area (Å²) >= 11 is 0. The molecule has 2 aromatic heterocycles. The van der Waals surface area contributed by atoms with Gasteiger partial charge in [0.25, 0.3) is 0 Å². The number of rotatable bonds is 2. The number of nitrogens with two attached hydrogens (primary N) is 1. The molecule has 0 aromatic carbocycles. The highest BCUT2D eigenvalue weighted by Gasteiger charge is 2.24. The van der Waals surface area contributed by atoms with Gasteiger partial charge in [-0.1, -0.05) is 0 Å². The van der Waals surface area contributed by atoms with E-state index in [2.05, 4.69) is 20.2 Å². The van der Waals surface area contributed by atoms with Crippen molar-refractivity contribution >= 4 is 23.4 Å². The number of aromatic nitrogens is 3. The lowest BCUT2D eigenvalue weighted by Crippen LogP contribution is -2.47. The maximum Gasteiger partial charge on any atom is 0.404 e. The largest absolute Gasteiger partial charge is 0.465 e. The van der Waals surface area contributed by atoms with E-state index in [1.807, 2.05) is 11.3 Å². The standard InChI is InChI=1S/C13H18N6O2/c1-8-10(14)19-6-4-15-11(12(19)16-8)18-5-2-3-9(7-18)17-13(20)21/h4,6,9,17H,2-3,5,7,14H2,1H3,(H,20,21). The molecule has 3 heterocycles. The molecule has 2 aromatic rings. The third-order valence-corrected chi connectivity index (χ3v) is 3.79. The first-order valence-electron chi connectivity index (χ1n) is 6.90. The van der Waals surface area contributed by atoms with Crippen LogP contribution in [0.1, 0.15) is 18.5 Å². The number of amides is 1. The van der Waals surface area contributed by atoms with Crippen molar-refractivity contribution in [1.82, 2.24) is 19.7 Å². The number of fused-ring (bicyclic) bond motifs is 1. The predicted octanol–water partition coefficient (Wildman–Crippen LogP) is 0.856. The van der Waals surface area contributed by atoms with Crippen LogP contribution in [0.2, 0.25) is 0 Å². The van der Waals surface area contributed by atoms with Gasteiger partial charge in [0.15, 0.2) is 11.5 Å². The summed E-state index contributed by atoms with van der Waals surface area (Å²) in [5.74, 6) is 1.35. The van der Waals surface area contributed by atoms with Crippen molar-refractivity contribution in [3.05, 3.63) is 18.1 Å². The van der Waals surface area contributed by atoms with E-state index in [4.69, 9.17) is 10.8 Å². The number of nitrogens with one attached hydrogen (secondary N) is 1. The van der Waals surface area contributed by atoms with Gasteiger partial charge in [-0.15, -0.1) is 0 Å². The van der Waals surface area contributed by atoms with Crippen LogP contribution < -0.4 is 16.0 Å². The first-order valence-corrected chi connectivity index (χ1v) is 6.90. The van der Waals surface area contributed by atoms with E-state index in [9.17, 15) is 4.79 Å². The molecule has 1 fully saturated rings. The third-order valence-electron chi connectivity index (χ3n) is 3.79. The average Bonchev–Trinajstić information content (AvgIpc) is 2.74. The monoisotopic (exact) mass is 290 g/mol. The Morgan fingerprint density at radius 2 is 2.38 bits per heavy atom. The fraction of sp³-hybridized carbons (Fsp3) is 0.462. The SMILES string of the molecule is Cc1nc2c(N3CCCC(NC(=O)O)C3)nccn2c1N. The summed E-state index contributed by atoms with van der Waals surface area (Å²) in [6, 6.07) is -0.0910. The number of anilines is 2. The summed E-state index contributed by atoms with van der Waals surface area (Å²) in [7, 11) is 0. The molecule has 0 spiro atoms. The topological polar surface area (TPSA) is 109 Å². The number of carboxylic acid groups (broad SMARTS) is 1.